The van der Waals surface area contributed by atoms with Crippen LogP contribution >= 0.6 is 0 Å². The third kappa shape index (κ3) is 6.37. The minimum atomic E-state index is -1.85. The zero-order valence-electron chi connectivity index (χ0n) is 25.1. The third-order valence-electron chi connectivity index (χ3n) is 8.72. The van der Waals surface area contributed by atoms with E-state index in [1.54, 1.807) is 25.3 Å². The Balaban J connectivity index is 0.000000238. The van der Waals surface area contributed by atoms with Gasteiger partial charge in [0.2, 0.25) is 0 Å². The Hall–Kier alpha value is -2.88. The average molecular weight is 573 g/mol. The number of ether oxygens (including phenoxy) is 3. The number of hydrogen-bond donors (Lipinski definition) is 2. The van der Waals surface area contributed by atoms with Crippen LogP contribution in [0.5, 0.6) is 11.5 Å². The summed E-state index contributed by atoms with van der Waals surface area (Å²) in [5, 5.41) is 18.5. The molecule has 2 saturated carbocycles. The molecule has 0 aliphatic heterocycles. The van der Waals surface area contributed by atoms with Crippen LogP contribution < -0.4 is 9.47 Å². The van der Waals surface area contributed by atoms with Gasteiger partial charge in [-0.05, 0) is 79.2 Å². The van der Waals surface area contributed by atoms with Gasteiger partial charge in [0, 0.05) is 11.1 Å². The molecule has 0 aromatic heterocycles. The summed E-state index contributed by atoms with van der Waals surface area (Å²) < 4.78 is 21.9. The topological polar surface area (TPSA) is 112 Å². The molecule has 40 heavy (non-hydrogen) atoms. The minimum absolute atomic E-state index is 0.146. The number of carbonyl (C=O) groups is 2. The maximum atomic E-state index is 12.1. The highest BCUT2D eigenvalue weighted by molar-refractivity contribution is 6.74. The first-order valence-electron chi connectivity index (χ1n) is 13.6. The van der Waals surface area contributed by atoms with Gasteiger partial charge in [-0.2, -0.15) is 0 Å². The summed E-state index contributed by atoms with van der Waals surface area (Å²) in [6.07, 6.45) is 3.02. The molecule has 0 saturated heterocycles. The first kappa shape index (κ1) is 31.6. The summed E-state index contributed by atoms with van der Waals surface area (Å²) in [6.45, 7) is 11.5. The molecule has 0 spiro atoms. The summed E-state index contributed by atoms with van der Waals surface area (Å²) in [6, 6.07) is 11.2. The van der Waals surface area contributed by atoms with Crippen LogP contribution in [0.2, 0.25) is 18.1 Å². The lowest BCUT2D eigenvalue weighted by Crippen LogP contribution is -2.40. The van der Waals surface area contributed by atoms with Crippen molar-refractivity contribution >= 4 is 20.3 Å². The van der Waals surface area contributed by atoms with Crippen molar-refractivity contribution in [1.29, 1.82) is 0 Å². The molecular formula is C31H44O8Si. The maximum Gasteiger partial charge on any atom is 0.316 e. The number of carboxylic acids is 1. The number of aliphatic hydroxyl groups is 1. The van der Waals surface area contributed by atoms with Crippen LogP contribution in [0.4, 0.5) is 0 Å². The molecule has 0 amide bonds. The second-order valence-corrected chi connectivity index (χ2v) is 17.0. The van der Waals surface area contributed by atoms with Crippen LogP contribution in [0.25, 0.3) is 0 Å². The predicted molar refractivity (Wildman–Crippen MR) is 155 cm³/mol. The van der Waals surface area contributed by atoms with Gasteiger partial charge in [-0.15, -0.1) is 0 Å². The zero-order chi connectivity index (χ0) is 29.9. The SMILES string of the molecule is COC(=O)C1(c2ccc(OC)c(CO[Si](C)(C)C(C)(C)C)c2)CC1.COc1ccc(C2(C(=O)O)CC2)cc1CO. The van der Waals surface area contributed by atoms with Gasteiger partial charge in [0.15, 0.2) is 8.32 Å². The van der Waals surface area contributed by atoms with Crippen molar-refractivity contribution in [1.82, 2.24) is 0 Å². The van der Waals surface area contributed by atoms with Crippen LogP contribution in [-0.2, 0) is 42.8 Å². The Kier molecular flexibility index (Phi) is 9.43. The van der Waals surface area contributed by atoms with Crippen molar-refractivity contribution in [3.05, 3.63) is 58.7 Å². The number of esters is 1. The van der Waals surface area contributed by atoms with E-state index in [9.17, 15) is 14.7 Å². The molecule has 4 rings (SSSR count). The molecule has 2 fully saturated rings. The van der Waals surface area contributed by atoms with Crippen molar-refractivity contribution in [3.63, 3.8) is 0 Å². The summed E-state index contributed by atoms with van der Waals surface area (Å²) in [5.74, 6) is 0.455. The molecular weight excluding hydrogens is 528 g/mol. The smallest absolute Gasteiger partial charge is 0.316 e. The van der Waals surface area contributed by atoms with Gasteiger partial charge in [0.05, 0.1) is 45.4 Å². The van der Waals surface area contributed by atoms with Crippen LogP contribution in [0.3, 0.4) is 0 Å². The molecule has 2 aromatic rings. The van der Waals surface area contributed by atoms with Crippen molar-refractivity contribution in [2.75, 3.05) is 21.3 Å². The molecule has 220 valence electrons. The Bertz CT molecular complexity index is 1220. The van der Waals surface area contributed by atoms with Gasteiger partial charge >= 0.3 is 11.9 Å². The number of aliphatic hydroxyl groups excluding tert-OH is 1. The van der Waals surface area contributed by atoms with Crippen LogP contribution in [0, 0.1) is 0 Å². The van der Waals surface area contributed by atoms with Crippen molar-refractivity contribution in [3.8, 4) is 11.5 Å². The van der Waals surface area contributed by atoms with E-state index in [1.165, 1.54) is 14.2 Å². The summed E-state index contributed by atoms with van der Waals surface area (Å²) >= 11 is 0. The van der Waals surface area contributed by atoms with E-state index in [1.807, 2.05) is 12.1 Å². The lowest BCUT2D eigenvalue weighted by Gasteiger charge is -2.36. The molecule has 9 heteroatoms. The monoisotopic (exact) mass is 572 g/mol. The molecule has 0 heterocycles. The standard InChI is InChI=1S/C19H30O4Si.C12H14O4/c1-18(2,3)24(6,7)23-13-14-12-15(8-9-16(14)21-4)19(10-11-19)17(20)22-5;1-16-10-3-2-9(6-8(10)7-13)12(4-5-12)11(14)15/h8-9,12H,10-11,13H2,1-7H3;2-3,6,13H,4-5,7H2,1H3,(H,14,15). The number of aliphatic carboxylic acids is 1. The Morgan fingerprint density at radius 1 is 0.850 bits per heavy atom. The summed E-state index contributed by atoms with van der Waals surface area (Å²) in [4.78, 5) is 23.3. The molecule has 2 N–H and O–H groups in total. The predicted octanol–water partition coefficient (Wildman–Crippen LogP) is 5.73. The van der Waals surface area contributed by atoms with E-state index in [2.05, 4.69) is 39.9 Å². The Morgan fingerprint density at radius 2 is 1.32 bits per heavy atom. The normalized spacial score (nSPS) is 16.7. The second kappa shape index (κ2) is 11.9. The zero-order valence-corrected chi connectivity index (χ0v) is 26.1. The van der Waals surface area contributed by atoms with Gasteiger partial charge in [-0.25, -0.2) is 0 Å². The van der Waals surface area contributed by atoms with Crippen molar-refractivity contribution in [2.45, 2.75) is 88.6 Å². The fraction of sp³-hybridized carbons (Fsp3) is 0.548. The van der Waals surface area contributed by atoms with Crippen LogP contribution in [0.1, 0.15) is 68.7 Å². The molecule has 8 nitrogen and oxygen atoms in total. The van der Waals surface area contributed by atoms with Gasteiger partial charge in [0.1, 0.15) is 11.5 Å². The quantitative estimate of drug-likeness (QED) is 0.274. The second-order valence-electron chi connectivity index (χ2n) is 12.2. The highest BCUT2D eigenvalue weighted by atomic mass is 28.4. The lowest BCUT2D eigenvalue weighted by atomic mass is 9.94. The minimum Gasteiger partial charge on any atom is -0.496 e. The summed E-state index contributed by atoms with van der Waals surface area (Å²) in [5.41, 5.74) is 2.19. The van der Waals surface area contributed by atoms with E-state index < -0.39 is 25.1 Å². The third-order valence-corrected chi connectivity index (χ3v) is 13.2. The highest BCUT2D eigenvalue weighted by Gasteiger charge is 2.53. The van der Waals surface area contributed by atoms with Gasteiger partial charge in [-0.3, -0.25) is 9.59 Å². The van der Waals surface area contributed by atoms with E-state index in [-0.39, 0.29) is 17.6 Å². The fourth-order valence-electron chi connectivity index (χ4n) is 4.55. The number of hydrogen-bond acceptors (Lipinski definition) is 7. The largest absolute Gasteiger partial charge is 0.496 e. The maximum absolute atomic E-state index is 12.1. The lowest BCUT2D eigenvalue weighted by molar-refractivity contribution is -0.143. The number of benzene rings is 2. The van der Waals surface area contributed by atoms with Crippen LogP contribution in [-0.4, -0.2) is 51.8 Å². The molecule has 0 atom stereocenters. The molecule has 0 radical (unpaired) electrons. The average Bonchev–Trinajstić information content (AvgIpc) is 3.85. The van der Waals surface area contributed by atoms with Crippen LogP contribution in [0.15, 0.2) is 36.4 Å². The molecule has 0 unspecified atom stereocenters. The van der Waals surface area contributed by atoms with E-state index in [4.69, 9.17) is 23.7 Å². The first-order valence-corrected chi connectivity index (χ1v) is 16.5. The van der Waals surface area contributed by atoms with Gasteiger partial charge in [0.25, 0.3) is 0 Å². The molecule has 2 aliphatic carbocycles. The van der Waals surface area contributed by atoms with E-state index in [0.717, 1.165) is 35.3 Å². The summed E-state index contributed by atoms with van der Waals surface area (Å²) in [7, 11) is 2.80. The number of carbonyl (C=O) groups excluding carboxylic acids is 1. The molecule has 2 aliphatic rings. The number of methoxy groups -OCH3 is 3. The highest BCUT2D eigenvalue weighted by Crippen LogP contribution is 2.50. The molecule has 2 aromatic carbocycles. The fourth-order valence-corrected chi connectivity index (χ4v) is 5.49. The molecule has 0 bridgehead atoms. The van der Waals surface area contributed by atoms with Crippen molar-refractivity contribution in [2.24, 2.45) is 0 Å². The van der Waals surface area contributed by atoms with E-state index >= 15 is 0 Å². The Morgan fingerprint density at radius 3 is 1.73 bits per heavy atom. The van der Waals surface area contributed by atoms with Gasteiger partial charge in [-0.1, -0.05) is 32.9 Å². The number of rotatable bonds is 10. The van der Waals surface area contributed by atoms with E-state index in [0.29, 0.717) is 30.8 Å². The Labute approximate surface area is 238 Å². The first-order chi connectivity index (χ1) is 18.7. The van der Waals surface area contributed by atoms with Gasteiger partial charge < -0.3 is 28.8 Å². The van der Waals surface area contributed by atoms with Crippen molar-refractivity contribution < 1.29 is 38.4 Å². The number of carboxylic acid groups (broad SMARTS) is 1.